The summed E-state index contributed by atoms with van der Waals surface area (Å²) in [5, 5.41) is 2.80. The highest BCUT2D eigenvalue weighted by Gasteiger charge is 2.28. The summed E-state index contributed by atoms with van der Waals surface area (Å²) < 4.78 is 52.0. The van der Waals surface area contributed by atoms with Crippen LogP contribution in [-0.4, -0.2) is 35.5 Å². The van der Waals surface area contributed by atoms with E-state index < -0.39 is 38.4 Å². The summed E-state index contributed by atoms with van der Waals surface area (Å²) >= 11 is 3.35. The summed E-state index contributed by atoms with van der Waals surface area (Å²) in [6.07, 6.45) is 1.12. The number of aryl methyl sites for hydroxylation is 1. The topological polar surface area (TPSA) is 101 Å². The highest BCUT2D eigenvalue weighted by molar-refractivity contribution is 9.10. The number of hydrogen-bond donors (Lipinski definition) is 1. The number of rotatable bonds is 8. The van der Waals surface area contributed by atoms with Crippen molar-refractivity contribution in [1.29, 1.82) is 0 Å². The molecular weight excluding hydrogens is 540 g/mol. The second-order valence-electron chi connectivity index (χ2n) is 7.94. The van der Waals surface area contributed by atoms with Crippen molar-refractivity contribution in [3.8, 4) is 0 Å². The molecule has 1 amide bonds. The Morgan fingerprint density at radius 2 is 1.53 bits per heavy atom. The van der Waals surface area contributed by atoms with Gasteiger partial charge in [0, 0.05) is 10.7 Å². The van der Waals surface area contributed by atoms with Crippen molar-refractivity contribution in [1.82, 2.24) is 5.32 Å². The van der Waals surface area contributed by atoms with Crippen LogP contribution in [0.15, 0.2) is 87.1 Å². The smallest absolute Gasteiger partial charge is 0.264 e. The number of nitrogens with zero attached hydrogens (tertiary/aromatic N) is 1. The molecule has 0 bridgehead atoms. The molecule has 0 saturated heterocycles. The molecule has 3 aromatic rings. The van der Waals surface area contributed by atoms with Gasteiger partial charge in [-0.25, -0.2) is 16.8 Å². The minimum Gasteiger partial charge on any atom is -0.348 e. The number of amides is 1. The molecule has 7 nitrogen and oxygen atoms in total. The molecule has 1 atom stereocenters. The lowest BCUT2D eigenvalue weighted by atomic mass is 10.1. The van der Waals surface area contributed by atoms with E-state index in [4.69, 9.17) is 0 Å². The zero-order valence-corrected chi connectivity index (χ0v) is 22.1. The van der Waals surface area contributed by atoms with E-state index in [0.717, 1.165) is 16.1 Å². The number of carbonyl (C=O) groups excluding carboxylic acids is 1. The Morgan fingerprint density at radius 3 is 2.09 bits per heavy atom. The van der Waals surface area contributed by atoms with Crippen molar-refractivity contribution in [3.05, 3.63) is 88.4 Å². The molecule has 0 aliphatic heterocycles. The lowest BCUT2D eigenvalue weighted by Crippen LogP contribution is -2.41. The first-order valence-corrected chi connectivity index (χ1v) is 14.4. The number of hydrogen-bond acceptors (Lipinski definition) is 5. The fourth-order valence-corrected chi connectivity index (χ4v) is 5.72. The van der Waals surface area contributed by atoms with Crippen LogP contribution in [0.3, 0.4) is 0 Å². The molecule has 0 heterocycles. The van der Waals surface area contributed by atoms with Crippen molar-refractivity contribution in [2.45, 2.75) is 29.7 Å². The van der Waals surface area contributed by atoms with Gasteiger partial charge in [0.1, 0.15) is 6.54 Å². The van der Waals surface area contributed by atoms with Crippen LogP contribution in [0.4, 0.5) is 5.69 Å². The average Bonchev–Trinajstić information content (AvgIpc) is 2.77. The third kappa shape index (κ3) is 6.25. The van der Waals surface area contributed by atoms with Crippen LogP contribution in [0.25, 0.3) is 0 Å². The summed E-state index contributed by atoms with van der Waals surface area (Å²) in [5.74, 6) is -0.504. The minimum atomic E-state index is -4.02. The summed E-state index contributed by atoms with van der Waals surface area (Å²) in [6.45, 7) is 3.17. The maximum absolute atomic E-state index is 13.5. The second-order valence-corrected chi connectivity index (χ2v) is 12.7. The molecule has 0 unspecified atom stereocenters. The standard InChI is InChI=1S/C24H25BrN2O5S2/c1-17-7-11-23(12-8-17)34(31,32)27(21-6-4-5-20(25)15-21)16-24(28)26-18(2)19-9-13-22(14-10-19)33(3,29)30/h4-15,18H,16H2,1-3H3,(H,26,28)/t18-/m1/s1. The quantitative estimate of drug-likeness (QED) is 0.441. The fourth-order valence-electron chi connectivity index (χ4n) is 3.29. The molecule has 1 N–H and O–H groups in total. The zero-order valence-electron chi connectivity index (χ0n) is 18.9. The molecule has 0 aliphatic rings. The summed E-state index contributed by atoms with van der Waals surface area (Å²) in [6, 6.07) is 18.9. The lowest BCUT2D eigenvalue weighted by Gasteiger charge is -2.25. The van der Waals surface area contributed by atoms with Gasteiger partial charge in [0.15, 0.2) is 9.84 Å². The van der Waals surface area contributed by atoms with E-state index in [1.165, 1.54) is 24.3 Å². The van der Waals surface area contributed by atoms with Gasteiger partial charge in [-0.15, -0.1) is 0 Å². The Morgan fingerprint density at radius 1 is 0.941 bits per heavy atom. The van der Waals surface area contributed by atoms with Gasteiger partial charge < -0.3 is 5.32 Å². The Balaban J connectivity index is 1.86. The van der Waals surface area contributed by atoms with Gasteiger partial charge in [-0.2, -0.15) is 0 Å². The van der Waals surface area contributed by atoms with Gasteiger partial charge in [-0.1, -0.05) is 51.8 Å². The molecule has 0 fully saturated rings. The monoisotopic (exact) mass is 564 g/mol. The van der Waals surface area contributed by atoms with Gasteiger partial charge in [-0.3, -0.25) is 9.10 Å². The number of sulfonamides is 1. The van der Waals surface area contributed by atoms with E-state index in [0.29, 0.717) is 15.7 Å². The van der Waals surface area contributed by atoms with Crippen LogP contribution in [0.2, 0.25) is 0 Å². The number of anilines is 1. The molecular formula is C24H25BrN2O5S2. The van der Waals surface area contributed by atoms with Crippen LogP contribution < -0.4 is 9.62 Å². The van der Waals surface area contributed by atoms with Crippen molar-refractivity contribution in [3.63, 3.8) is 0 Å². The Hall–Kier alpha value is -2.69. The van der Waals surface area contributed by atoms with Crippen molar-refractivity contribution in [2.75, 3.05) is 17.1 Å². The summed E-state index contributed by atoms with van der Waals surface area (Å²) in [7, 11) is -7.35. The molecule has 10 heteroatoms. The first-order valence-electron chi connectivity index (χ1n) is 10.3. The van der Waals surface area contributed by atoms with E-state index in [-0.39, 0.29) is 9.79 Å². The van der Waals surface area contributed by atoms with Crippen LogP contribution in [-0.2, 0) is 24.7 Å². The van der Waals surface area contributed by atoms with Crippen LogP contribution in [0, 0.1) is 6.92 Å². The number of carbonyl (C=O) groups is 1. The summed E-state index contributed by atoms with van der Waals surface area (Å²) in [4.78, 5) is 13.2. The molecule has 0 aliphatic carbocycles. The van der Waals surface area contributed by atoms with Crippen molar-refractivity contribution in [2.24, 2.45) is 0 Å². The van der Waals surface area contributed by atoms with Crippen LogP contribution in [0.1, 0.15) is 24.1 Å². The fraction of sp³-hybridized carbons (Fsp3) is 0.208. The largest absolute Gasteiger partial charge is 0.348 e. The molecule has 180 valence electrons. The second kappa shape index (κ2) is 10.3. The zero-order chi connectivity index (χ0) is 25.1. The van der Waals surface area contributed by atoms with E-state index in [1.807, 2.05) is 6.92 Å². The molecule has 0 radical (unpaired) electrons. The molecule has 3 rings (SSSR count). The highest BCUT2D eigenvalue weighted by atomic mass is 79.9. The number of nitrogens with one attached hydrogen (secondary N) is 1. The molecule has 0 spiro atoms. The third-order valence-electron chi connectivity index (χ3n) is 5.18. The van der Waals surface area contributed by atoms with Gasteiger partial charge in [-0.05, 0) is 61.9 Å². The Kier molecular flexibility index (Phi) is 7.84. The molecule has 34 heavy (non-hydrogen) atoms. The van der Waals surface area contributed by atoms with Gasteiger partial charge >= 0.3 is 0 Å². The van der Waals surface area contributed by atoms with E-state index in [1.54, 1.807) is 55.5 Å². The predicted molar refractivity (Wildman–Crippen MR) is 136 cm³/mol. The van der Waals surface area contributed by atoms with E-state index >= 15 is 0 Å². The van der Waals surface area contributed by atoms with Crippen molar-refractivity contribution < 1.29 is 21.6 Å². The highest BCUT2D eigenvalue weighted by Crippen LogP contribution is 2.26. The van der Waals surface area contributed by atoms with Crippen LogP contribution in [0.5, 0.6) is 0 Å². The SMILES string of the molecule is Cc1ccc(S(=O)(=O)N(CC(=O)N[C@H](C)c2ccc(S(C)(=O)=O)cc2)c2cccc(Br)c2)cc1. The summed E-state index contributed by atoms with van der Waals surface area (Å²) in [5.41, 5.74) is 1.95. The van der Waals surface area contributed by atoms with E-state index in [9.17, 15) is 21.6 Å². The molecule has 0 saturated carbocycles. The van der Waals surface area contributed by atoms with Gasteiger partial charge in [0.05, 0.1) is 21.5 Å². The maximum Gasteiger partial charge on any atom is 0.264 e. The Labute approximate surface area is 208 Å². The van der Waals surface area contributed by atoms with Gasteiger partial charge in [0.2, 0.25) is 5.91 Å². The molecule has 3 aromatic carbocycles. The van der Waals surface area contributed by atoms with Crippen molar-refractivity contribution >= 4 is 47.4 Å². The van der Waals surface area contributed by atoms with Crippen LogP contribution >= 0.6 is 15.9 Å². The predicted octanol–water partition coefficient (Wildman–Crippen LogP) is 4.23. The number of benzene rings is 3. The number of halogens is 1. The van der Waals surface area contributed by atoms with E-state index in [2.05, 4.69) is 21.2 Å². The maximum atomic E-state index is 13.5. The average molecular weight is 566 g/mol. The Bertz CT molecular complexity index is 1390. The third-order valence-corrected chi connectivity index (χ3v) is 8.59. The molecule has 0 aromatic heterocycles. The minimum absolute atomic E-state index is 0.0790. The first-order chi connectivity index (χ1) is 15.9. The number of sulfone groups is 1. The normalized spacial score (nSPS) is 12.7. The lowest BCUT2D eigenvalue weighted by molar-refractivity contribution is -0.120. The first kappa shape index (κ1) is 25.9. The van der Waals surface area contributed by atoms with Gasteiger partial charge in [0.25, 0.3) is 10.0 Å².